The van der Waals surface area contributed by atoms with Gasteiger partial charge in [0.2, 0.25) is 11.8 Å². The van der Waals surface area contributed by atoms with Gasteiger partial charge in [-0.25, -0.2) is 0 Å². The van der Waals surface area contributed by atoms with E-state index in [0.29, 0.717) is 17.1 Å². The first-order valence-corrected chi connectivity index (χ1v) is 7.73. The van der Waals surface area contributed by atoms with Crippen molar-refractivity contribution < 1.29 is 14.3 Å². The fourth-order valence-corrected chi connectivity index (χ4v) is 2.37. The monoisotopic (exact) mass is 326 g/mol. The number of amides is 2. The van der Waals surface area contributed by atoms with Crippen LogP contribution in [0.25, 0.3) is 0 Å². The Bertz CT molecular complexity index is 736. The quantitative estimate of drug-likeness (QED) is 0.826. The molecule has 0 aliphatic rings. The third-order valence-corrected chi connectivity index (χ3v) is 3.61. The van der Waals surface area contributed by atoms with E-state index in [1.165, 1.54) is 0 Å². The van der Waals surface area contributed by atoms with E-state index in [2.05, 4.69) is 10.6 Å². The predicted octanol–water partition coefficient (Wildman–Crippen LogP) is 3.53. The predicted molar refractivity (Wildman–Crippen MR) is 95.3 cm³/mol. The molecule has 1 atom stereocenters. The minimum atomic E-state index is -0.822. The number of hydrogen-bond acceptors (Lipinski definition) is 3. The SMILES string of the molecule is COc1cccc(NC(=O)C(C)C(=O)Nc2cc(C)cc(C)c2)c1. The van der Waals surface area contributed by atoms with E-state index in [-0.39, 0.29) is 11.8 Å². The Morgan fingerprint density at radius 2 is 1.50 bits per heavy atom. The lowest BCUT2D eigenvalue weighted by Gasteiger charge is -2.14. The number of ether oxygens (including phenoxy) is 1. The second kappa shape index (κ2) is 7.64. The smallest absolute Gasteiger partial charge is 0.236 e. The highest BCUT2D eigenvalue weighted by Gasteiger charge is 2.22. The van der Waals surface area contributed by atoms with E-state index in [0.717, 1.165) is 11.1 Å². The van der Waals surface area contributed by atoms with Crippen LogP contribution in [0.1, 0.15) is 18.1 Å². The van der Waals surface area contributed by atoms with Gasteiger partial charge in [0.15, 0.2) is 0 Å². The van der Waals surface area contributed by atoms with Crippen LogP contribution >= 0.6 is 0 Å². The van der Waals surface area contributed by atoms with Gasteiger partial charge in [-0.05, 0) is 56.2 Å². The molecule has 5 nitrogen and oxygen atoms in total. The maximum absolute atomic E-state index is 12.3. The molecule has 0 aromatic heterocycles. The molecule has 0 saturated carbocycles. The van der Waals surface area contributed by atoms with Crippen molar-refractivity contribution in [3.05, 3.63) is 53.6 Å². The number of carbonyl (C=O) groups excluding carboxylic acids is 2. The van der Waals surface area contributed by atoms with Crippen molar-refractivity contribution in [2.75, 3.05) is 17.7 Å². The molecule has 0 heterocycles. The Hall–Kier alpha value is -2.82. The van der Waals surface area contributed by atoms with E-state index in [9.17, 15) is 9.59 Å². The van der Waals surface area contributed by atoms with Crippen LogP contribution in [-0.2, 0) is 9.59 Å². The normalized spacial score (nSPS) is 11.5. The molecule has 5 heteroatoms. The highest BCUT2D eigenvalue weighted by atomic mass is 16.5. The summed E-state index contributed by atoms with van der Waals surface area (Å²) in [5, 5.41) is 5.51. The third-order valence-electron chi connectivity index (χ3n) is 3.61. The molecule has 0 aliphatic carbocycles. The maximum atomic E-state index is 12.3. The first-order chi connectivity index (χ1) is 11.4. The molecule has 0 aliphatic heterocycles. The summed E-state index contributed by atoms with van der Waals surface area (Å²) in [5.74, 6) is -0.900. The number of benzene rings is 2. The number of methoxy groups -OCH3 is 1. The van der Waals surface area contributed by atoms with Crippen molar-refractivity contribution in [2.45, 2.75) is 20.8 Å². The summed E-state index contributed by atoms with van der Waals surface area (Å²) in [5.41, 5.74) is 3.39. The molecule has 2 rings (SSSR count). The molecule has 126 valence electrons. The van der Waals surface area contributed by atoms with Crippen LogP contribution in [0.2, 0.25) is 0 Å². The van der Waals surface area contributed by atoms with Gasteiger partial charge in [-0.2, -0.15) is 0 Å². The van der Waals surface area contributed by atoms with Gasteiger partial charge >= 0.3 is 0 Å². The summed E-state index contributed by atoms with van der Waals surface area (Å²) < 4.78 is 5.12. The Balaban J connectivity index is 2.02. The highest BCUT2D eigenvalue weighted by molar-refractivity contribution is 6.10. The molecule has 0 saturated heterocycles. The Labute approximate surface area is 142 Å². The van der Waals surface area contributed by atoms with Gasteiger partial charge in [-0.3, -0.25) is 9.59 Å². The summed E-state index contributed by atoms with van der Waals surface area (Å²) in [7, 11) is 1.56. The molecule has 0 bridgehead atoms. The Kier molecular flexibility index (Phi) is 5.58. The molecule has 2 aromatic rings. The average Bonchev–Trinajstić information content (AvgIpc) is 2.53. The molecular formula is C19H22N2O3. The zero-order valence-electron chi connectivity index (χ0n) is 14.3. The van der Waals surface area contributed by atoms with Crippen molar-refractivity contribution in [2.24, 2.45) is 5.92 Å². The largest absolute Gasteiger partial charge is 0.497 e. The molecule has 2 aromatic carbocycles. The summed E-state index contributed by atoms with van der Waals surface area (Å²) in [4.78, 5) is 24.6. The first kappa shape index (κ1) is 17.5. The molecule has 2 amide bonds. The summed E-state index contributed by atoms with van der Waals surface area (Å²) in [6, 6.07) is 12.8. The van der Waals surface area contributed by atoms with Gasteiger partial charge in [0.1, 0.15) is 11.7 Å². The molecule has 0 spiro atoms. The summed E-state index contributed by atoms with van der Waals surface area (Å²) >= 11 is 0. The molecule has 0 radical (unpaired) electrons. The number of carbonyl (C=O) groups is 2. The van der Waals surface area contributed by atoms with Gasteiger partial charge in [0.05, 0.1) is 7.11 Å². The number of rotatable bonds is 5. The zero-order chi connectivity index (χ0) is 17.7. The standard InChI is InChI=1S/C19H22N2O3/c1-12-8-13(2)10-16(9-12)21-19(23)14(3)18(22)20-15-6-5-7-17(11-15)24-4/h5-11,14H,1-4H3,(H,20,22)(H,21,23). The fourth-order valence-electron chi connectivity index (χ4n) is 2.37. The number of anilines is 2. The number of hydrogen-bond donors (Lipinski definition) is 2. The van der Waals surface area contributed by atoms with E-state index < -0.39 is 5.92 Å². The lowest BCUT2D eigenvalue weighted by Crippen LogP contribution is -2.31. The minimum Gasteiger partial charge on any atom is -0.497 e. The Morgan fingerprint density at radius 1 is 0.917 bits per heavy atom. The second-order valence-electron chi connectivity index (χ2n) is 5.81. The number of aryl methyl sites for hydroxylation is 2. The molecule has 1 unspecified atom stereocenters. The maximum Gasteiger partial charge on any atom is 0.236 e. The van der Waals surface area contributed by atoms with Crippen LogP contribution in [0.4, 0.5) is 11.4 Å². The van der Waals surface area contributed by atoms with Gasteiger partial charge < -0.3 is 15.4 Å². The third kappa shape index (κ3) is 4.59. The van der Waals surface area contributed by atoms with Crippen molar-refractivity contribution >= 4 is 23.2 Å². The van der Waals surface area contributed by atoms with Crippen LogP contribution in [0.3, 0.4) is 0 Å². The topological polar surface area (TPSA) is 67.4 Å². The fraction of sp³-hybridized carbons (Fsp3) is 0.263. The highest BCUT2D eigenvalue weighted by Crippen LogP contribution is 2.18. The van der Waals surface area contributed by atoms with Crippen LogP contribution in [0.5, 0.6) is 5.75 Å². The molecule has 24 heavy (non-hydrogen) atoms. The average molecular weight is 326 g/mol. The summed E-state index contributed by atoms with van der Waals surface area (Å²) in [6.07, 6.45) is 0. The van der Waals surface area contributed by atoms with E-state index in [1.54, 1.807) is 38.3 Å². The van der Waals surface area contributed by atoms with Crippen molar-refractivity contribution in [3.8, 4) is 5.75 Å². The Morgan fingerprint density at radius 3 is 2.08 bits per heavy atom. The molecule has 0 fully saturated rings. The van der Waals surface area contributed by atoms with Crippen LogP contribution < -0.4 is 15.4 Å². The summed E-state index contributed by atoms with van der Waals surface area (Å²) in [6.45, 7) is 5.50. The van der Waals surface area contributed by atoms with Crippen molar-refractivity contribution in [1.82, 2.24) is 0 Å². The van der Waals surface area contributed by atoms with Crippen LogP contribution in [0, 0.1) is 19.8 Å². The first-order valence-electron chi connectivity index (χ1n) is 7.73. The van der Waals surface area contributed by atoms with E-state index in [1.807, 2.05) is 32.0 Å². The second-order valence-corrected chi connectivity index (χ2v) is 5.81. The van der Waals surface area contributed by atoms with Crippen LogP contribution in [0.15, 0.2) is 42.5 Å². The lowest BCUT2D eigenvalue weighted by atomic mass is 10.1. The van der Waals surface area contributed by atoms with E-state index in [4.69, 9.17) is 4.74 Å². The zero-order valence-corrected chi connectivity index (χ0v) is 14.3. The van der Waals surface area contributed by atoms with Gasteiger partial charge in [-0.15, -0.1) is 0 Å². The molecule has 2 N–H and O–H groups in total. The molecular weight excluding hydrogens is 304 g/mol. The van der Waals surface area contributed by atoms with E-state index >= 15 is 0 Å². The number of nitrogens with one attached hydrogen (secondary N) is 2. The van der Waals surface area contributed by atoms with Crippen LogP contribution in [-0.4, -0.2) is 18.9 Å². The van der Waals surface area contributed by atoms with Crippen molar-refractivity contribution in [3.63, 3.8) is 0 Å². The lowest BCUT2D eigenvalue weighted by molar-refractivity contribution is -0.128. The van der Waals surface area contributed by atoms with Crippen molar-refractivity contribution in [1.29, 1.82) is 0 Å². The van der Waals surface area contributed by atoms with Gasteiger partial charge in [0.25, 0.3) is 0 Å². The van der Waals surface area contributed by atoms with Gasteiger partial charge in [-0.1, -0.05) is 12.1 Å². The van der Waals surface area contributed by atoms with Gasteiger partial charge in [0, 0.05) is 17.4 Å². The minimum absolute atomic E-state index is 0.347.